The number of aryl methyl sites for hydroxylation is 4. The van der Waals surface area contributed by atoms with Crippen molar-refractivity contribution in [2.24, 2.45) is 0 Å². The summed E-state index contributed by atoms with van der Waals surface area (Å²) in [6, 6.07) is 16.9. The minimum absolute atomic E-state index is 0.624. The smallest absolute Gasteiger partial charge is 0.173 e. The van der Waals surface area contributed by atoms with E-state index in [1.807, 2.05) is 27.7 Å². The van der Waals surface area contributed by atoms with E-state index in [4.69, 9.17) is 18.9 Å². The van der Waals surface area contributed by atoms with Crippen LogP contribution >= 0.6 is 0 Å². The number of benzene rings is 4. The third-order valence-corrected chi connectivity index (χ3v) is 6.94. The van der Waals surface area contributed by atoms with E-state index in [0.29, 0.717) is 24.3 Å². The van der Waals surface area contributed by atoms with Crippen LogP contribution in [0.2, 0.25) is 0 Å². The molecule has 0 aliphatic rings. The van der Waals surface area contributed by atoms with Gasteiger partial charge >= 0.3 is 0 Å². The van der Waals surface area contributed by atoms with Crippen LogP contribution in [0.15, 0.2) is 99.9 Å². The Morgan fingerprint density at radius 3 is 1.10 bits per heavy atom. The molecule has 0 fully saturated rings. The van der Waals surface area contributed by atoms with Gasteiger partial charge in [-0.1, -0.05) is 74.8 Å². The Kier molecular flexibility index (Phi) is 8.80. The van der Waals surface area contributed by atoms with Crippen molar-refractivity contribution in [2.75, 3.05) is 0 Å². The molecule has 0 aliphatic heterocycles. The maximum Gasteiger partial charge on any atom is 0.173 e. The molecule has 0 spiro atoms. The van der Waals surface area contributed by atoms with E-state index in [-0.39, 0.29) is 0 Å². The molecular formula is C36H36O4. The second-order valence-corrected chi connectivity index (χ2v) is 9.77. The molecular weight excluding hydrogens is 496 g/mol. The summed E-state index contributed by atoms with van der Waals surface area (Å²) < 4.78 is 23.5. The summed E-state index contributed by atoms with van der Waals surface area (Å²) in [6.45, 7) is 23.3. The number of hydrogen-bond acceptors (Lipinski definition) is 4. The molecule has 0 atom stereocenters. The van der Waals surface area contributed by atoms with Crippen LogP contribution in [0.25, 0.3) is 10.8 Å². The second kappa shape index (κ2) is 12.4. The van der Waals surface area contributed by atoms with E-state index >= 15 is 0 Å². The van der Waals surface area contributed by atoms with Crippen LogP contribution in [0.4, 0.5) is 0 Å². The largest absolute Gasteiger partial charge is 0.465 e. The van der Waals surface area contributed by atoms with E-state index < -0.39 is 0 Å². The Morgan fingerprint density at radius 2 is 0.800 bits per heavy atom. The fourth-order valence-corrected chi connectivity index (χ4v) is 5.53. The third-order valence-electron chi connectivity index (χ3n) is 6.94. The van der Waals surface area contributed by atoms with Crippen molar-refractivity contribution >= 4 is 10.8 Å². The molecule has 0 aromatic heterocycles. The normalized spacial score (nSPS) is 10.6. The molecule has 0 N–H and O–H groups in total. The quantitative estimate of drug-likeness (QED) is 0.170. The van der Waals surface area contributed by atoms with Gasteiger partial charge in [-0.2, -0.15) is 0 Å². The van der Waals surface area contributed by atoms with Gasteiger partial charge in [-0.15, -0.1) is 0 Å². The molecule has 4 aromatic carbocycles. The van der Waals surface area contributed by atoms with Crippen molar-refractivity contribution in [3.05, 3.63) is 144 Å². The fraction of sp³-hybridized carbons (Fsp3) is 0.167. The highest BCUT2D eigenvalue weighted by Gasteiger charge is 2.23. The van der Waals surface area contributed by atoms with Crippen molar-refractivity contribution in [3.63, 3.8) is 0 Å². The van der Waals surface area contributed by atoms with Crippen LogP contribution in [0.3, 0.4) is 0 Å². The minimum atomic E-state index is 0.624. The number of hydrogen-bond donors (Lipinski definition) is 0. The van der Waals surface area contributed by atoms with Crippen LogP contribution in [0.5, 0.6) is 23.0 Å². The molecule has 0 heterocycles. The van der Waals surface area contributed by atoms with Crippen molar-refractivity contribution in [1.29, 1.82) is 0 Å². The number of rotatable bonds is 12. The molecule has 204 valence electrons. The summed E-state index contributed by atoms with van der Waals surface area (Å²) in [4.78, 5) is 0. The Bertz CT molecular complexity index is 1440. The predicted molar refractivity (Wildman–Crippen MR) is 165 cm³/mol. The van der Waals surface area contributed by atoms with Crippen LogP contribution in [-0.2, 0) is 12.8 Å². The van der Waals surface area contributed by atoms with E-state index in [0.717, 1.165) is 66.8 Å². The first-order chi connectivity index (χ1) is 19.3. The topological polar surface area (TPSA) is 36.9 Å². The Hall–Kier alpha value is -4.70. The van der Waals surface area contributed by atoms with E-state index in [2.05, 4.69) is 74.8 Å². The summed E-state index contributed by atoms with van der Waals surface area (Å²) in [5, 5.41) is 2.18. The highest BCUT2D eigenvalue weighted by Crippen LogP contribution is 2.45. The standard InChI is InChI=1S/C36H36O4/c1-9-37-33-23(5)17-27(18-24(33)6)21-31-29-15-13-14-16-30(29)32(36(40-12-4)35(31)39-11-3)22-28-19-25(7)34(38-10-2)26(8)20-28/h9-20H,1-4,21-22H2,5-8H3. The molecule has 4 rings (SSSR count). The molecule has 0 aliphatic carbocycles. The Balaban J connectivity index is 1.93. The zero-order valence-corrected chi connectivity index (χ0v) is 23.8. The number of fused-ring (bicyclic) bond motifs is 1. The maximum absolute atomic E-state index is 6.12. The summed E-state index contributed by atoms with van der Waals surface area (Å²) in [7, 11) is 0. The van der Waals surface area contributed by atoms with Gasteiger partial charge in [0.1, 0.15) is 11.5 Å². The van der Waals surface area contributed by atoms with Gasteiger partial charge in [-0.3, -0.25) is 0 Å². The molecule has 0 bridgehead atoms. The van der Waals surface area contributed by atoms with Crippen molar-refractivity contribution < 1.29 is 18.9 Å². The first-order valence-corrected chi connectivity index (χ1v) is 13.2. The summed E-state index contributed by atoms with van der Waals surface area (Å²) >= 11 is 0. The van der Waals surface area contributed by atoms with Gasteiger partial charge in [-0.25, -0.2) is 0 Å². The molecule has 0 radical (unpaired) electrons. The van der Waals surface area contributed by atoms with Gasteiger partial charge < -0.3 is 18.9 Å². The average Bonchev–Trinajstić information content (AvgIpc) is 2.92. The van der Waals surface area contributed by atoms with Crippen molar-refractivity contribution in [3.8, 4) is 23.0 Å². The lowest BCUT2D eigenvalue weighted by Crippen LogP contribution is -2.04. The Labute approximate surface area is 237 Å². The molecule has 4 heteroatoms. The highest BCUT2D eigenvalue weighted by atomic mass is 16.5. The third kappa shape index (κ3) is 5.67. The van der Waals surface area contributed by atoms with E-state index in [9.17, 15) is 0 Å². The highest BCUT2D eigenvalue weighted by molar-refractivity contribution is 5.94. The zero-order chi connectivity index (χ0) is 28.8. The van der Waals surface area contributed by atoms with Gasteiger partial charge in [0.05, 0.1) is 25.0 Å². The first kappa shape index (κ1) is 28.3. The lowest BCUT2D eigenvalue weighted by molar-refractivity contribution is 0.413. The maximum atomic E-state index is 6.12. The van der Waals surface area contributed by atoms with Gasteiger partial charge in [-0.05, 0) is 71.8 Å². The summed E-state index contributed by atoms with van der Waals surface area (Å²) in [5.41, 5.74) is 8.44. The molecule has 0 amide bonds. The van der Waals surface area contributed by atoms with Crippen molar-refractivity contribution in [1.82, 2.24) is 0 Å². The van der Waals surface area contributed by atoms with Crippen LogP contribution in [0, 0.1) is 27.7 Å². The summed E-state index contributed by atoms with van der Waals surface area (Å²) in [6.07, 6.45) is 7.05. The van der Waals surface area contributed by atoms with Crippen molar-refractivity contribution in [2.45, 2.75) is 40.5 Å². The van der Waals surface area contributed by atoms with Gasteiger partial charge in [0, 0.05) is 24.0 Å². The van der Waals surface area contributed by atoms with E-state index in [1.165, 1.54) is 25.0 Å². The van der Waals surface area contributed by atoms with Crippen LogP contribution in [-0.4, -0.2) is 0 Å². The lowest BCUT2D eigenvalue weighted by atomic mass is 9.89. The number of ether oxygens (including phenoxy) is 4. The first-order valence-electron chi connectivity index (χ1n) is 13.2. The second-order valence-electron chi connectivity index (χ2n) is 9.77. The molecule has 40 heavy (non-hydrogen) atoms. The Morgan fingerprint density at radius 1 is 0.500 bits per heavy atom. The van der Waals surface area contributed by atoms with Crippen LogP contribution in [0.1, 0.15) is 44.5 Å². The monoisotopic (exact) mass is 532 g/mol. The molecule has 0 saturated carbocycles. The molecule has 4 nitrogen and oxygen atoms in total. The predicted octanol–water partition coefficient (Wildman–Crippen LogP) is 9.34. The molecule has 0 saturated heterocycles. The lowest BCUT2D eigenvalue weighted by Gasteiger charge is -2.22. The van der Waals surface area contributed by atoms with E-state index in [1.54, 1.807) is 0 Å². The molecule has 0 unspecified atom stereocenters. The van der Waals surface area contributed by atoms with Gasteiger partial charge in [0.15, 0.2) is 11.5 Å². The minimum Gasteiger partial charge on any atom is -0.465 e. The fourth-order valence-electron chi connectivity index (χ4n) is 5.53. The van der Waals surface area contributed by atoms with Gasteiger partial charge in [0.25, 0.3) is 0 Å². The van der Waals surface area contributed by atoms with Crippen LogP contribution < -0.4 is 18.9 Å². The molecule has 4 aromatic rings. The zero-order valence-electron chi connectivity index (χ0n) is 23.8. The average molecular weight is 533 g/mol. The summed E-state index contributed by atoms with van der Waals surface area (Å²) in [5.74, 6) is 2.91. The van der Waals surface area contributed by atoms with Gasteiger partial charge in [0.2, 0.25) is 0 Å². The SMILES string of the molecule is C=COc1c(C)cc(Cc2c(OC=C)c(OC=C)c(Cc3cc(C)c(OC=C)c(C)c3)c3ccccc23)cc1C.